The third kappa shape index (κ3) is 3.24. The van der Waals surface area contributed by atoms with Gasteiger partial charge in [0.25, 0.3) is 0 Å². The number of nitrogens with two attached hydrogens (primary N) is 1. The van der Waals surface area contributed by atoms with Crippen molar-refractivity contribution in [2.45, 2.75) is 13.0 Å². The molecular formula is C12H12F2N2OS. The van der Waals surface area contributed by atoms with Gasteiger partial charge in [-0.2, -0.15) is 0 Å². The molecule has 1 aromatic carbocycles. The summed E-state index contributed by atoms with van der Waals surface area (Å²) in [7, 11) is 0. The molecule has 0 unspecified atom stereocenters. The van der Waals surface area contributed by atoms with Gasteiger partial charge in [0.2, 0.25) is 0 Å². The van der Waals surface area contributed by atoms with E-state index in [0.717, 1.165) is 22.8 Å². The summed E-state index contributed by atoms with van der Waals surface area (Å²) < 4.78 is 30.9. The van der Waals surface area contributed by atoms with Crippen LogP contribution in [-0.2, 0) is 13.0 Å². The summed E-state index contributed by atoms with van der Waals surface area (Å²) >= 11 is 1.50. The van der Waals surface area contributed by atoms with Gasteiger partial charge in [0, 0.05) is 24.4 Å². The summed E-state index contributed by atoms with van der Waals surface area (Å²) in [6, 6.07) is 3.46. The van der Waals surface area contributed by atoms with Crippen LogP contribution in [0.3, 0.4) is 0 Å². The molecule has 0 atom stereocenters. The maximum absolute atomic E-state index is 12.9. The Morgan fingerprint density at radius 3 is 2.78 bits per heavy atom. The molecule has 2 N–H and O–H groups in total. The van der Waals surface area contributed by atoms with Crippen LogP contribution < -0.4 is 10.5 Å². The largest absolute Gasteiger partial charge is 0.493 e. The molecule has 0 fully saturated rings. The molecule has 0 saturated carbocycles. The Morgan fingerprint density at radius 1 is 1.28 bits per heavy atom. The van der Waals surface area contributed by atoms with Crippen molar-refractivity contribution in [3.8, 4) is 5.75 Å². The van der Waals surface area contributed by atoms with Crippen molar-refractivity contribution in [1.29, 1.82) is 0 Å². The number of rotatable bonds is 5. The molecule has 0 bridgehead atoms. The number of ether oxygens (including phenoxy) is 1. The van der Waals surface area contributed by atoms with Crippen LogP contribution >= 0.6 is 11.3 Å². The minimum absolute atomic E-state index is 0.308. The first-order valence-electron chi connectivity index (χ1n) is 5.40. The number of halogens is 2. The molecule has 0 spiro atoms. The van der Waals surface area contributed by atoms with E-state index >= 15 is 0 Å². The monoisotopic (exact) mass is 270 g/mol. The third-order valence-electron chi connectivity index (χ3n) is 2.29. The first kappa shape index (κ1) is 12.9. The molecule has 1 heterocycles. The zero-order chi connectivity index (χ0) is 13.0. The lowest BCUT2D eigenvalue weighted by Gasteiger charge is -2.05. The predicted molar refractivity (Wildman–Crippen MR) is 65.6 cm³/mol. The predicted octanol–water partition coefficient (Wildman–Crippen LogP) is 2.50. The zero-order valence-corrected chi connectivity index (χ0v) is 10.3. The van der Waals surface area contributed by atoms with Gasteiger partial charge in [-0.15, -0.1) is 11.3 Å². The Kier molecular flexibility index (Phi) is 4.22. The first-order valence-corrected chi connectivity index (χ1v) is 6.28. The molecule has 0 saturated heterocycles. The van der Waals surface area contributed by atoms with E-state index < -0.39 is 11.6 Å². The number of hydrogen-bond donors (Lipinski definition) is 1. The zero-order valence-electron chi connectivity index (χ0n) is 9.53. The lowest BCUT2D eigenvalue weighted by atomic mass is 10.3. The summed E-state index contributed by atoms with van der Waals surface area (Å²) in [5.41, 5.74) is 6.34. The van der Waals surface area contributed by atoms with Gasteiger partial charge in [0.1, 0.15) is 10.8 Å². The second kappa shape index (κ2) is 5.88. The smallest absolute Gasteiger partial charge is 0.162 e. The van der Waals surface area contributed by atoms with E-state index in [2.05, 4.69) is 4.98 Å². The Morgan fingerprint density at radius 2 is 2.11 bits per heavy atom. The van der Waals surface area contributed by atoms with Crippen LogP contribution in [0, 0.1) is 11.6 Å². The Hall–Kier alpha value is -1.53. The van der Waals surface area contributed by atoms with Crippen molar-refractivity contribution in [3.05, 3.63) is 45.9 Å². The molecule has 3 nitrogen and oxygen atoms in total. The maximum atomic E-state index is 12.9. The maximum Gasteiger partial charge on any atom is 0.162 e. The molecule has 1 aromatic heterocycles. The quantitative estimate of drug-likeness (QED) is 0.908. The van der Waals surface area contributed by atoms with Crippen molar-refractivity contribution >= 4 is 11.3 Å². The van der Waals surface area contributed by atoms with Crippen molar-refractivity contribution in [1.82, 2.24) is 4.98 Å². The average molecular weight is 270 g/mol. The summed E-state index contributed by atoms with van der Waals surface area (Å²) in [5.74, 6) is -1.48. The van der Waals surface area contributed by atoms with Crippen LogP contribution in [0.5, 0.6) is 5.75 Å². The molecule has 0 amide bonds. The van der Waals surface area contributed by atoms with E-state index in [1.807, 2.05) is 5.38 Å². The summed E-state index contributed by atoms with van der Waals surface area (Å²) in [4.78, 5) is 4.27. The Bertz CT molecular complexity index is 531. The average Bonchev–Trinajstić information content (AvgIpc) is 2.82. The van der Waals surface area contributed by atoms with Gasteiger partial charge in [0.05, 0.1) is 12.3 Å². The van der Waals surface area contributed by atoms with Crippen molar-refractivity contribution in [2.75, 3.05) is 6.61 Å². The summed E-state index contributed by atoms with van der Waals surface area (Å²) in [6.45, 7) is 0.785. The highest BCUT2D eigenvalue weighted by Gasteiger charge is 2.04. The molecule has 2 aromatic rings. The lowest BCUT2D eigenvalue weighted by molar-refractivity contribution is 0.317. The molecule has 0 radical (unpaired) electrons. The first-order chi connectivity index (χ1) is 8.69. The van der Waals surface area contributed by atoms with Gasteiger partial charge < -0.3 is 10.5 Å². The number of benzene rings is 1. The van der Waals surface area contributed by atoms with E-state index in [-0.39, 0.29) is 0 Å². The molecule has 0 aliphatic heterocycles. The van der Waals surface area contributed by atoms with E-state index in [1.165, 1.54) is 17.4 Å². The fraction of sp³-hybridized carbons (Fsp3) is 0.250. The van der Waals surface area contributed by atoms with Gasteiger partial charge in [-0.1, -0.05) is 0 Å². The molecule has 2 rings (SSSR count). The van der Waals surface area contributed by atoms with Gasteiger partial charge in [-0.3, -0.25) is 0 Å². The van der Waals surface area contributed by atoms with E-state index in [0.29, 0.717) is 25.3 Å². The number of hydrogen-bond acceptors (Lipinski definition) is 4. The third-order valence-corrected chi connectivity index (χ3v) is 3.21. The van der Waals surface area contributed by atoms with E-state index in [1.54, 1.807) is 0 Å². The number of nitrogens with zero attached hydrogens (tertiary/aromatic N) is 1. The van der Waals surface area contributed by atoms with Crippen molar-refractivity contribution in [2.24, 2.45) is 5.73 Å². The van der Waals surface area contributed by atoms with Crippen LogP contribution in [0.4, 0.5) is 8.78 Å². The molecule has 0 aliphatic rings. The molecule has 6 heteroatoms. The fourth-order valence-electron chi connectivity index (χ4n) is 1.40. The highest BCUT2D eigenvalue weighted by atomic mass is 32.1. The van der Waals surface area contributed by atoms with Gasteiger partial charge in [0.15, 0.2) is 11.6 Å². The van der Waals surface area contributed by atoms with Crippen molar-refractivity contribution < 1.29 is 13.5 Å². The van der Waals surface area contributed by atoms with Crippen molar-refractivity contribution in [3.63, 3.8) is 0 Å². The normalized spacial score (nSPS) is 10.6. The second-order valence-electron chi connectivity index (χ2n) is 3.61. The van der Waals surface area contributed by atoms with Gasteiger partial charge in [-0.05, 0) is 12.1 Å². The fourth-order valence-corrected chi connectivity index (χ4v) is 2.11. The summed E-state index contributed by atoms with van der Waals surface area (Å²) in [5, 5.41) is 2.79. The topological polar surface area (TPSA) is 48.1 Å². The second-order valence-corrected chi connectivity index (χ2v) is 4.55. The molecule has 0 aliphatic carbocycles. The van der Waals surface area contributed by atoms with Crippen LogP contribution in [0.15, 0.2) is 23.6 Å². The van der Waals surface area contributed by atoms with Crippen LogP contribution in [0.25, 0.3) is 0 Å². The summed E-state index contributed by atoms with van der Waals surface area (Å²) in [6.07, 6.45) is 0.607. The molecule has 96 valence electrons. The van der Waals surface area contributed by atoms with E-state index in [9.17, 15) is 8.78 Å². The molecular weight excluding hydrogens is 258 g/mol. The van der Waals surface area contributed by atoms with Crippen LogP contribution in [0.2, 0.25) is 0 Å². The number of thiazole rings is 1. The van der Waals surface area contributed by atoms with Crippen LogP contribution in [0.1, 0.15) is 10.7 Å². The van der Waals surface area contributed by atoms with Crippen LogP contribution in [-0.4, -0.2) is 11.6 Å². The highest BCUT2D eigenvalue weighted by Crippen LogP contribution is 2.16. The Labute approximate surface area is 107 Å². The van der Waals surface area contributed by atoms with Gasteiger partial charge in [-0.25, -0.2) is 13.8 Å². The standard InChI is InChI=1S/C12H12F2N2OS/c13-10-2-1-9(5-11(10)14)17-4-3-8-7-18-12(6-15)16-8/h1-2,5,7H,3-4,6,15H2. The lowest BCUT2D eigenvalue weighted by Crippen LogP contribution is -2.03. The highest BCUT2D eigenvalue weighted by molar-refractivity contribution is 7.09. The SMILES string of the molecule is NCc1nc(CCOc2ccc(F)c(F)c2)cs1. The number of aromatic nitrogens is 1. The van der Waals surface area contributed by atoms with E-state index in [4.69, 9.17) is 10.5 Å². The Balaban J connectivity index is 1.86. The minimum Gasteiger partial charge on any atom is -0.493 e. The molecule has 18 heavy (non-hydrogen) atoms. The van der Waals surface area contributed by atoms with Gasteiger partial charge >= 0.3 is 0 Å². The minimum atomic E-state index is -0.911.